The molecule has 0 heterocycles. The number of carbonyl (C=O) groups is 2. The third kappa shape index (κ3) is 6.82. The molecule has 0 aromatic carbocycles. The smallest absolute Gasteiger partial charge is 0.142 e. The van der Waals surface area contributed by atoms with E-state index in [4.69, 9.17) is 0 Å². The minimum atomic E-state index is 0.121. The van der Waals surface area contributed by atoms with Gasteiger partial charge in [0.05, 0.1) is 0 Å². The van der Waals surface area contributed by atoms with Crippen LogP contribution in [-0.2, 0) is 9.59 Å². The van der Waals surface area contributed by atoms with Gasteiger partial charge in [-0.3, -0.25) is 9.59 Å². The van der Waals surface area contributed by atoms with E-state index in [1.807, 2.05) is 0 Å². The van der Waals surface area contributed by atoms with E-state index in [2.05, 4.69) is 0 Å². The van der Waals surface area contributed by atoms with Crippen molar-refractivity contribution in [3.8, 4) is 0 Å². The van der Waals surface area contributed by atoms with Gasteiger partial charge in [-0.1, -0.05) is 18.2 Å². The van der Waals surface area contributed by atoms with Crippen LogP contribution in [0.1, 0.15) is 13.3 Å². The summed E-state index contributed by atoms with van der Waals surface area (Å²) in [6.45, 7) is 1.52. The molecule has 2 heteroatoms. The number of Topliss-reactive ketones (excluding diaryl/α,β-unsaturated/α-hetero) is 1. The highest BCUT2D eigenvalue weighted by Gasteiger charge is 1.82. The summed E-state index contributed by atoms with van der Waals surface area (Å²) >= 11 is 0. The highest BCUT2D eigenvalue weighted by Crippen LogP contribution is 1.84. The van der Waals surface area contributed by atoms with Gasteiger partial charge in [-0.05, 0) is 13.0 Å². The Kier molecular flexibility index (Phi) is 5.25. The number of rotatable bonds is 4. The summed E-state index contributed by atoms with van der Waals surface area (Å²) < 4.78 is 0. The lowest BCUT2D eigenvalue weighted by Gasteiger charge is -1.79. The Morgan fingerprint density at radius 2 is 2.00 bits per heavy atom. The molecule has 0 N–H and O–H groups in total. The molecule has 0 aromatic heterocycles. The molecule has 0 radical (unpaired) electrons. The van der Waals surface area contributed by atoms with Crippen molar-refractivity contribution in [3.05, 3.63) is 24.3 Å². The van der Waals surface area contributed by atoms with Crippen LogP contribution in [0.25, 0.3) is 0 Å². The minimum Gasteiger partial charge on any atom is -0.300 e. The van der Waals surface area contributed by atoms with E-state index < -0.39 is 0 Å². The summed E-state index contributed by atoms with van der Waals surface area (Å²) in [5.74, 6) is 0.121. The maximum atomic E-state index is 10.3. The first-order chi connectivity index (χ1) is 4.77. The number of hydrogen-bond donors (Lipinski definition) is 0. The van der Waals surface area contributed by atoms with Crippen LogP contribution in [0.4, 0.5) is 0 Å². The zero-order valence-corrected chi connectivity index (χ0v) is 5.91. The standard InChI is InChI=1S/C8H10O2/c1-8(10)6-4-2-3-5-7-9/h2-5,7H,6H2,1H3. The van der Waals surface area contributed by atoms with Crippen molar-refractivity contribution in [2.75, 3.05) is 0 Å². The highest BCUT2D eigenvalue weighted by molar-refractivity contribution is 5.77. The van der Waals surface area contributed by atoms with E-state index in [9.17, 15) is 9.59 Å². The summed E-state index contributed by atoms with van der Waals surface area (Å²) in [6, 6.07) is 0. The molecule has 0 atom stereocenters. The maximum Gasteiger partial charge on any atom is 0.142 e. The monoisotopic (exact) mass is 138 g/mol. The predicted molar refractivity (Wildman–Crippen MR) is 39.6 cm³/mol. The number of carbonyl (C=O) groups excluding carboxylic acids is 2. The van der Waals surface area contributed by atoms with Crippen molar-refractivity contribution < 1.29 is 9.59 Å². The van der Waals surface area contributed by atoms with E-state index in [0.29, 0.717) is 12.7 Å². The molecule has 0 fully saturated rings. The Morgan fingerprint density at radius 3 is 2.50 bits per heavy atom. The molecule has 0 saturated heterocycles. The number of allylic oxidation sites excluding steroid dienone is 4. The van der Waals surface area contributed by atoms with E-state index in [1.54, 1.807) is 18.2 Å². The van der Waals surface area contributed by atoms with Crippen molar-refractivity contribution in [2.24, 2.45) is 0 Å². The van der Waals surface area contributed by atoms with Crippen molar-refractivity contribution in [3.63, 3.8) is 0 Å². The van der Waals surface area contributed by atoms with Crippen LogP contribution in [0.3, 0.4) is 0 Å². The van der Waals surface area contributed by atoms with E-state index in [0.717, 1.165) is 0 Å². The Morgan fingerprint density at radius 1 is 1.30 bits per heavy atom. The fourth-order valence-electron chi connectivity index (χ4n) is 0.422. The summed E-state index contributed by atoms with van der Waals surface area (Å²) in [5, 5.41) is 0. The lowest BCUT2D eigenvalue weighted by atomic mass is 10.3. The largest absolute Gasteiger partial charge is 0.300 e. The fourth-order valence-corrected chi connectivity index (χ4v) is 0.422. The van der Waals surface area contributed by atoms with E-state index in [1.165, 1.54) is 13.0 Å². The molecule has 0 aliphatic rings. The molecule has 54 valence electrons. The van der Waals surface area contributed by atoms with Crippen molar-refractivity contribution in [2.45, 2.75) is 13.3 Å². The highest BCUT2D eigenvalue weighted by atomic mass is 16.1. The van der Waals surface area contributed by atoms with Crippen LogP contribution < -0.4 is 0 Å². The molecule has 0 bridgehead atoms. The van der Waals surface area contributed by atoms with E-state index in [-0.39, 0.29) is 5.78 Å². The second kappa shape index (κ2) is 5.95. The molecule has 0 aliphatic heterocycles. The number of aldehydes is 1. The Bertz CT molecular complexity index is 166. The molecule has 0 aromatic rings. The Labute approximate surface area is 60.2 Å². The van der Waals surface area contributed by atoms with Crippen molar-refractivity contribution >= 4 is 12.1 Å². The van der Waals surface area contributed by atoms with Crippen LogP contribution >= 0.6 is 0 Å². The lowest BCUT2D eigenvalue weighted by molar-refractivity contribution is -0.116. The molecule has 0 spiro atoms. The predicted octanol–water partition coefficient (Wildman–Crippen LogP) is 1.28. The minimum absolute atomic E-state index is 0.121. The van der Waals surface area contributed by atoms with Gasteiger partial charge in [0.15, 0.2) is 0 Å². The molecule has 0 saturated carbocycles. The molecule has 10 heavy (non-hydrogen) atoms. The van der Waals surface area contributed by atoms with Crippen LogP contribution in [0.5, 0.6) is 0 Å². The summed E-state index contributed by atoms with van der Waals surface area (Å²) in [7, 11) is 0. The van der Waals surface area contributed by atoms with Crippen LogP contribution in [0, 0.1) is 0 Å². The molecule has 0 unspecified atom stereocenters. The molecule has 0 amide bonds. The van der Waals surface area contributed by atoms with E-state index >= 15 is 0 Å². The average molecular weight is 138 g/mol. The number of hydrogen-bond acceptors (Lipinski definition) is 2. The zero-order chi connectivity index (χ0) is 7.82. The van der Waals surface area contributed by atoms with Gasteiger partial charge in [0.1, 0.15) is 12.1 Å². The van der Waals surface area contributed by atoms with Gasteiger partial charge in [-0.25, -0.2) is 0 Å². The zero-order valence-electron chi connectivity index (χ0n) is 5.91. The van der Waals surface area contributed by atoms with Gasteiger partial charge in [-0.2, -0.15) is 0 Å². The molecular formula is C8H10O2. The summed E-state index contributed by atoms with van der Waals surface area (Å²) in [6.07, 6.45) is 7.48. The average Bonchev–Trinajstić information content (AvgIpc) is 1.87. The molecular weight excluding hydrogens is 128 g/mol. The Balaban J connectivity index is 3.46. The quantitative estimate of drug-likeness (QED) is 0.333. The molecule has 0 rings (SSSR count). The summed E-state index contributed by atoms with van der Waals surface area (Å²) in [4.78, 5) is 20.0. The van der Waals surface area contributed by atoms with Gasteiger partial charge >= 0.3 is 0 Å². The van der Waals surface area contributed by atoms with Crippen LogP contribution in [0.2, 0.25) is 0 Å². The topological polar surface area (TPSA) is 34.1 Å². The van der Waals surface area contributed by atoms with Gasteiger partial charge in [0.2, 0.25) is 0 Å². The lowest BCUT2D eigenvalue weighted by Crippen LogP contribution is -1.83. The number of ketones is 1. The van der Waals surface area contributed by atoms with Gasteiger partial charge < -0.3 is 0 Å². The molecule has 2 nitrogen and oxygen atoms in total. The van der Waals surface area contributed by atoms with Gasteiger partial charge in [-0.15, -0.1) is 0 Å². The normalized spacial score (nSPS) is 10.9. The molecule has 0 aliphatic carbocycles. The van der Waals surface area contributed by atoms with Crippen molar-refractivity contribution in [1.82, 2.24) is 0 Å². The fraction of sp³-hybridized carbons (Fsp3) is 0.250. The first-order valence-electron chi connectivity index (χ1n) is 3.03. The Hall–Kier alpha value is -1.18. The first kappa shape index (κ1) is 8.82. The van der Waals surface area contributed by atoms with Crippen LogP contribution in [-0.4, -0.2) is 12.1 Å². The first-order valence-corrected chi connectivity index (χ1v) is 3.03. The second-order valence-corrected chi connectivity index (χ2v) is 1.86. The maximum absolute atomic E-state index is 10.3. The van der Waals surface area contributed by atoms with Crippen molar-refractivity contribution in [1.29, 1.82) is 0 Å². The third-order valence-corrected chi connectivity index (χ3v) is 0.842. The van der Waals surface area contributed by atoms with Crippen LogP contribution in [0.15, 0.2) is 24.3 Å². The summed E-state index contributed by atoms with van der Waals surface area (Å²) in [5.41, 5.74) is 0. The van der Waals surface area contributed by atoms with Gasteiger partial charge in [0, 0.05) is 6.42 Å². The third-order valence-electron chi connectivity index (χ3n) is 0.842. The van der Waals surface area contributed by atoms with Gasteiger partial charge in [0.25, 0.3) is 0 Å². The second-order valence-electron chi connectivity index (χ2n) is 1.86. The SMILES string of the molecule is CC(=O)CC=CC=CC=O.